The van der Waals surface area contributed by atoms with E-state index in [-0.39, 0.29) is 11.9 Å². The third-order valence-electron chi connectivity index (χ3n) is 3.61. The molecule has 1 aromatic rings. The van der Waals surface area contributed by atoms with Crippen molar-refractivity contribution in [2.45, 2.75) is 44.8 Å². The highest BCUT2D eigenvalue weighted by atomic mass is 19.1. The van der Waals surface area contributed by atoms with Crippen LogP contribution in [0.15, 0.2) is 24.3 Å². The van der Waals surface area contributed by atoms with Gasteiger partial charge in [0.2, 0.25) is 0 Å². The van der Waals surface area contributed by atoms with E-state index in [0.717, 1.165) is 37.9 Å². The van der Waals surface area contributed by atoms with Crippen LogP contribution in [-0.2, 0) is 0 Å². The van der Waals surface area contributed by atoms with Crippen LogP contribution in [0.2, 0.25) is 0 Å². The molecule has 1 aromatic carbocycles. The highest BCUT2D eigenvalue weighted by Crippen LogP contribution is 2.27. The summed E-state index contributed by atoms with van der Waals surface area (Å²) >= 11 is 0. The Kier molecular flexibility index (Phi) is 4.00. The van der Waals surface area contributed by atoms with Crippen LogP contribution in [0.1, 0.15) is 32.6 Å². The molecule has 0 amide bonds. The summed E-state index contributed by atoms with van der Waals surface area (Å²) in [5.41, 5.74) is 1.08. The van der Waals surface area contributed by atoms with Crippen LogP contribution < -0.4 is 4.90 Å². The van der Waals surface area contributed by atoms with Crippen molar-refractivity contribution in [3.8, 4) is 0 Å². The van der Waals surface area contributed by atoms with Crippen molar-refractivity contribution >= 4 is 5.69 Å². The van der Waals surface area contributed by atoms with E-state index in [1.54, 1.807) is 0 Å². The second kappa shape index (κ2) is 5.50. The molecule has 3 heteroatoms. The lowest BCUT2D eigenvalue weighted by molar-refractivity contribution is 0.122. The molecule has 1 N–H and O–H groups in total. The molecule has 1 saturated carbocycles. The number of hydrogen-bond acceptors (Lipinski definition) is 2. The van der Waals surface area contributed by atoms with Crippen molar-refractivity contribution in [2.75, 3.05) is 11.4 Å². The van der Waals surface area contributed by atoms with Gasteiger partial charge in [-0.15, -0.1) is 0 Å². The van der Waals surface area contributed by atoms with Gasteiger partial charge >= 0.3 is 0 Å². The lowest BCUT2D eigenvalue weighted by Crippen LogP contribution is -2.39. The Morgan fingerprint density at radius 1 is 1.18 bits per heavy atom. The highest BCUT2D eigenvalue weighted by molar-refractivity contribution is 5.47. The number of halogens is 1. The van der Waals surface area contributed by atoms with Gasteiger partial charge in [-0.2, -0.15) is 0 Å². The first-order valence-corrected chi connectivity index (χ1v) is 6.41. The van der Waals surface area contributed by atoms with Gasteiger partial charge in [-0.25, -0.2) is 4.39 Å². The lowest BCUT2D eigenvalue weighted by atomic mass is 9.91. The number of anilines is 1. The molecule has 1 fully saturated rings. The summed E-state index contributed by atoms with van der Waals surface area (Å²) in [4.78, 5) is 2.31. The van der Waals surface area contributed by atoms with Gasteiger partial charge in [0, 0.05) is 18.3 Å². The predicted octanol–water partition coefficient (Wildman–Crippen LogP) is 2.96. The second-order valence-corrected chi connectivity index (χ2v) is 4.72. The zero-order chi connectivity index (χ0) is 12.3. The number of nitrogens with zero attached hydrogens (tertiary/aromatic N) is 1. The van der Waals surface area contributed by atoms with Crippen molar-refractivity contribution in [2.24, 2.45) is 0 Å². The van der Waals surface area contributed by atoms with Crippen LogP contribution in [0.5, 0.6) is 0 Å². The predicted molar refractivity (Wildman–Crippen MR) is 67.7 cm³/mol. The van der Waals surface area contributed by atoms with Crippen LogP contribution >= 0.6 is 0 Å². The van der Waals surface area contributed by atoms with Crippen molar-refractivity contribution < 1.29 is 9.50 Å². The molecule has 0 radical (unpaired) electrons. The van der Waals surface area contributed by atoms with Gasteiger partial charge in [0.1, 0.15) is 5.82 Å². The maximum absolute atomic E-state index is 12.9. The monoisotopic (exact) mass is 237 g/mol. The molecular weight excluding hydrogens is 217 g/mol. The summed E-state index contributed by atoms with van der Waals surface area (Å²) in [5.74, 6) is -0.191. The molecule has 94 valence electrons. The normalized spacial score (nSPS) is 24.6. The van der Waals surface area contributed by atoms with Gasteiger partial charge in [-0.3, -0.25) is 0 Å². The van der Waals surface area contributed by atoms with E-state index in [9.17, 15) is 9.50 Å². The van der Waals surface area contributed by atoms with E-state index in [4.69, 9.17) is 0 Å². The molecule has 0 atom stereocenters. The average molecular weight is 237 g/mol. The standard InChI is InChI=1S/C14H20FNO/c1-2-16(12-5-3-11(15)4-6-12)13-7-9-14(17)10-8-13/h3-6,13-14,17H,2,7-10H2,1H3. The average Bonchev–Trinajstić information content (AvgIpc) is 2.35. The molecule has 0 unspecified atom stereocenters. The second-order valence-electron chi connectivity index (χ2n) is 4.72. The van der Waals surface area contributed by atoms with Crippen LogP contribution in [0.25, 0.3) is 0 Å². The van der Waals surface area contributed by atoms with E-state index < -0.39 is 0 Å². The van der Waals surface area contributed by atoms with Gasteiger partial charge in [-0.05, 0) is 56.9 Å². The molecule has 0 bridgehead atoms. The van der Waals surface area contributed by atoms with E-state index in [0.29, 0.717) is 6.04 Å². The quantitative estimate of drug-likeness (QED) is 0.873. The smallest absolute Gasteiger partial charge is 0.123 e. The lowest BCUT2D eigenvalue weighted by Gasteiger charge is -2.36. The number of benzene rings is 1. The summed E-state index contributed by atoms with van der Waals surface area (Å²) in [5, 5.41) is 9.52. The minimum absolute atomic E-state index is 0.127. The van der Waals surface area contributed by atoms with Crippen molar-refractivity contribution in [3.63, 3.8) is 0 Å². The number of aliphatic hydroxyl groups is 1. The zero-order valence-corrected chi connectivity index (χ0v) is 10.3. The molecular formula is C14H20FNO. The SMILES string of the molecule is CCN(c1ccc(F)cc1)C1CCC(O)CC1. The minimum atomic E-state index is -0.191. The Bertz CT molecular complexity index is 344. The molecule has 0 aliphatic heterocycles. The van der Waals surface area contributed by atoms with Crippen LogP contribution in [0, 0.1) is 5.82 Å². The van der Waals surface area contributed by atoms with Crippen LogP contribution in [-0.4, -0.2) is 23.8 Å². The Morgan fingerprint density at radius 3 is 2.29 bits per heavy atom. The molecule has 1 aliphatic carbocycles. The number of aliphatic hydroxyl groups excluding tert-OH is 1. The molecule has 0 spiro atoms. The van der Waals surface area contributed by atoms with Gasteiger partial charge < -0.3 is 10.0 Å². The first-order valence-electron chi connectivity index (χ1n) is 6.41. The van der Waals surface area contributed by atoms with Gasteiger partial charge in [0.15, 0.2) is 0 Å². The Morgan fingerprint density at radius 2 is 1.76 bits per heavy atom. The highest BCUT2D eigenvalue weighted by Gasteiger charge is 2.24. The third-order valence-corrected chi connectivity index (χ3v) is 3.61. The molecule has 2 rings (SSSR count). The Hall–Kier alpha value is -1.09. The van der Waals surface area contributed by atoms with Crippen molar-refractivity contribution in [3.05, 3.63) is 30.1 Å². The first kappa shape index (κ1) is 12.4. The number of rotatable bonds is 3. The summed E-state index contributed by atoms with van der Waals surface area (Å²) < 4.78 is 12.9. The van der Waals surface area contributed by atoms with Crippen molar-refractivity contribution in [1.29, 1.82) is 0 Å². The Balaban J connectivity index is 2.08. The molecule has 1 aliphatic rings. The van der Waals surface area contributed by atoms with E-state index in [1.165, 1.54) is 12.1 Å². The summed E-state index contributed by atoms with van der Waals surface area (Å²) in [6.07, 6.45) is 3.67. The fourth-order valence-electron chi connectivity index (χ4n) is 2.65. The summed E-state index contributed by atoms with van der Waals surface area (Å²) in [6, 6.07) is 7.17. The summed E-state index contributed by atoms with van der Waals surface area (Å²) in [6.45, 7) is 3.04. The van der Waals surface area contributed by atoms with E-state index in [2.05, 4.69) is 11.8 Å². The molecule has 17 heavy (non-hydrogen) atoms. The zero-order valence-electron chi connectivity index (χ0n) is 10.3. The van der Waals surface area contributed by atoms with Gasteiger partial charge in [-0.1, -0.05) is 0 Å². The number of hydrogen-bond donors (Lipinski definition) is 1. The Labute approximate surface area is 102 Å². The van der Waals surface area contributed by atoms with Crippen LogP contribution in [0.4, 0.5) is 10.1 Å². The van der Waals surface area contributed by atoms with E-state index in [1.807, 2.05) is 12.1 Å². The topological polar surface area (TPSA) is 23.5 Å². The molecule has 0 saturated heterocycles. The van der Waals surface area contributed by atoms with E-state index >= 15 is 0 Å². The van der Waals surface area contributed by atoms with Crippen LogP contribution in [0.3, 0.4) is 0 Å². The van der Waals surface area contributed by atoms with Crippen molar-refractivity contribution in [1.82, 2.24) is 0 Å². The van der Waals surface area contributed by atoms with Gasteiger partial charge in [0.05, 0.1) is 6.10 Å². The maximum Gasteiger partial charge on any atom is 0.123 e. The molecule has 0 aromatic heterocycles. The molecule has 2 nitrogen and oxygen atoms in total. The molecule has 0 heterocycles. The first-order chi connectivity index (χ1) is 8.20. The fourth-order valence-corrected chi connectivity index (χ4v) is 2.65. The maximum atomic E-state index is 12.9. The minimum Gasteiger partial charge on any atom is -0.393 e. The largest absolute Gasteiger partial charge is 0.393 e. The summed E-state index contributed by atoms with van der Waals surface area (Å²) in [7, 11) is 0. The fraction of sp³-hybridized carbons (Fsp3) is 0.571. The third kappa shape index (κ3) is 2.97. The van der Waals surface area contributed by atoms with Gasteiger partial charge in [0.25, 0.3) is 0 Å².